The molecule has 0 aromatic heterocycles. The third kappa shape index (κ3) is 3.81. The Labute approximate surface area is 157 Å². The van der Waals surface area contributed by atoms with E-state index in [-0.39, 0.29) is 6.04 Å². The summed E-state index contributed by atoms with van der Waals surface area (Å²) in [5, 5.41) is 2.24. The van der Waals surface area contributed by atoms with Gasteiger partial charge in [-0.1, -0.05) is 96.2 Å². The molecular formula is C22H18ClNS. The van der Waals surface area contributed by atoms with Crippen LogP contribution in [0.3, 0.4) is 0 Å². The van der Waals surface area contributed by atoms with Gasteiger partial charge in [-0.05, 0) is 29.7 Å². The summed E-state index contributed by atoms with van der Waals surface area (Å²) in [6, 6.07) is 29.5. The lowest BCUT2D eigenvalue weighted by molar-refractivity contribution is 0.641. The Kier molecular flexibility index (Phi) is 4.91. The maximum Gasteiger partial charge on any atom is 0.0990 e. The first kappa shape index (κ1) is 16.4. The Morgan fingerprint density at radius 2 is 1.36 bits per heavy atom. The van der Waals surface area contributed by atoms with Gasteiger partial charge < -0.3 is 0 Å². The van der Waals surface area contributed by atoms with Gasteiger partial charge in [0.1, 0.15) is 0 Å². The highest BCUT2D eigenvalue weighted by molar-refractivity contribution is 8.14. The SMILES string of the molecule is Clc1ccc(C2=N[C@@H](c3ccccc3)C[C@@H](c3ccccc3)S2)cc1. The Morgan fingerprint density at radius 3 is 2.00 bits per heavy atom. The summed E-state index contributed by atoms with van der Waals surface area (Å²) in [4.78, 5) is 5.06. The summed E-state index contributed by atoms with van der Waals surface area (Å²) in [5.41, 5.74) is 3.76. The molecule has 3 aromatic rings. The first-order valence-electron chi connectivity index (χ1n) is 8.40. The maximum absolute atomic E-state index is 6.05. The molecule has 4 rings (SSSR count). The van der Waals surface area contributed by atoms with Gasteiger partial charge in [0.05, 0.1) is 11.1 Å². The van der Waals surface area contributed by atoms with Crippen LogP contribution in [0.25, 0.3) is 0 Å². The summed E-state index contributed by atoms with van der Waals surface area (Å²) < 4.78 is 0. The number of hydrogen-bond donors (Lipinski definition) is 0. The number of hydrogen-bond acceptors (Lipinski definition) is 2. The van der Waals surface area contributed by atoms with Crippen LogP contribution < -0.4 is 0 Å². The average Bonchev–Trinajstić information content (AvgIpc) is 2.69. The van der Waals surface area contributed by atoms with Crippen molar-refractivity contribution in [3.63, 3.8) is 0 Å². The molecule has 0 unspecified atom stereocenters. The van der Waals surface area contributed by atoms with Gasteiger partial charge in [-0.2, -0.15) is 0 Å². The third-order valence-electron chi connectivity index (χ3n) is 4.41. The highest BCUT2D eigenvalue weighted by Gasteiger charge is 2.27. The molecule has 1 heterocycles. The fourth-order valence-electron chi connectivity index (χ4n) is 3.10. The van der Waals surface area contributed by atoms with Crippen molar-refractivity contribution in [3.8, 4) is 0 Å². The van der Waals surface area contributed by atoms with Crippen LogP contribution in [0.5, 0.6) is 0 Å². The molecule has 0 saturated heterocycles. The van der Waals surface area contributed by atoms with E-state index >= 15 is 0 Å². The molecule has 25 heavy (non-hydrogen) atoms. The number of rotatable bonds is 3. The summed E-state index contributed by atoms with van der Waals surface area (Å²) >= 11 is 7.90. The van der Waals surface area contributed by atoms with Crippen LogP contribution in [-0.2, 0) is 0 Å². The molecule has 124 valence electrons. The maximum atomic E-state index is 6.05. The van der Waals surface area contributed by atoms with Gasteiger partial charge >= 0.3 is 0 Å². The summed E-state index contributed by atoms with van der Waals surface area (Å²) in [6.07, 6.45) is 1.01. The van der Waals surface area contributed by atoms with Crippen LogP contribution in [0.1, 0.15) is 34.4 Å². The molecule has 3 aromatic carbocycles. The Balaban J connectivity index is 1.73. The number of halogens is 1. The lowest BCUT2D eigenvalue weighted by atomic mass is 9.98. The minimum atomic E-state index is 0.179. The predicted molar refractivity (Wildman–Crippen MR) is 109 cm³/mol. The molecule has 0 saturated carbocycles. The highest BCUT2D eigenvalue weighted by Crippen LogP contribution is 2.45. The zero-order chi connectivity index (χ0) is 17.1. The average molecular weight is 364 g/mol. The van der Waals surface area contributed by atoms with E-state index in [1.807, 2.05) is 23.9 Å². The molecule has 1 nitrogen and oxygen atoms in total. The van der Waals surface area contributed by atoms with Crippen LogP contribution in [-0.4, -0.2) is 5.04 Å². The van der Waals surface area contributed by atoms with Crippen molar-refractivity contribution in [2.75, 3.05) is 0 Å². The van der Waals surface area contributed by atoms with Crippen molar-refractivity contribution in [2.24, 2.45) is 4.99 Å². The van der Waals surface area contributed by atoms with Crippen molar-refractivity contribution in [1.82, 2.24) is 0 Å². The number of nitrogens with zero attached hydrogens (tertiary/aromatic N) is 1. The standard InChI is InChI=1S/C22H18ClNS/c23-19-13-11-18(12-14-19)22-24-20(16-7-3-1-4-8-16)15-21(25-22)17-9-5-2-6-10-17/h1-14,20-21H,15H2/t20-,21+/m1/s1. The molecule has 0 radical (unpaired) electrons. The van der Waals surface area contributed by atoms with E-state index < -0.39 is 0 Å². The molecule has 1 aliphatic heterocycles. The molecule has 0 fully saturated rings. The molecule has 0 bridgehead atoms. The summed E-state index contributed by atoms with van der Waals surface area (Å²) in [5.74, 6) is 0. The van der Waals surface area contributed by atoms with E-state index in [4.69, 9.17) is 16.6 Å². The molecule has 0 N–H and O–H groups in total. The minimum Gasteiger partial charge on any atom is -0.270 e. The molecule has 2 atom stereocenters. The van der Waals surface area contributed by atoms with Gasteiger partial charge in [0.25, 0.3) is 0 Å². The van der Waals surface area contributed by atoms with Crippen molar-refractivity contribution in [2.45, 2.75) is 17.7 Å². The smallest absolute Gasteiger partial charge is 0.0990 e. The Hall–Kier alpha value is -2.03. The first-order chi connectivity index (χ1) is 12.3. The first-order valence-corrected chi connectivity index (χ1v) is 9.65. The van der Waals surface area contributed by atoms with Crippen molar-refractivity contribution in [1.29, 1.82) is 0 Å². The van der Waals surface area contributed by atoms with Crippen molar-refractivity contribution >= 4 is 28.4 Å². The van der Waals surface area contributed by atoms with Crippen molar-refractivity contribution in [3.05, 3.63) is 107 Å². The predicted octanol–water partition coefficient (Wildman–Crippen LogP) is 6.71. The van der Waals surface area contributed by atoms with Gasteiger partial charge in [-0.3, -0.25) is 4.99 Å². The zero-order valence-corrected chi connectivity index (χ0v) is 15.3. The van der Waals surface area contributed by atoms with Crippen LogP contribution in [0, 0.1) is 0 Å². The van der Waals surface area contributed by atoms with Crippen LogP contribution in [0.4, 0.5) is 0 Å². The normalized spacial score (nSPS) is 20.1. The van der Waals surface area contributed by atoms with E-state index in [0.717, 1.165) is 22.1 Å². The second kappa shape index (κ2) is 7.47. The van der Waals surface area contributed by atoms with E-state index in [1.165, 1.54) is 11.1 Å². The fraction of sp³-hybridized carbons (Fsp3) is 0.136. The van der Waals surface area contributed by atoms with Gasteiger partial charge in [0.15, 0.2) is 0 Å². The van der Waals surface area contributed by atoms with Crippen LogP contribution >= 0.6 is 23.4 Å². The monoisotopic (exact) mass is 363 g/mol. The second-order valence-corrected chi connectivity index (χ2v) is 7.75. The largest absolute Gasteiger partial charge is 0.270 e. The molecule has 3 heteroatoms. The van der Waals surface area contributed by atoms with Gasteiger partial charge in [-0.15, -0.1) is 0 Å². The highest BCUT2D eigenvalue weighted by atomic mass is 35.5. The second-order valence-electron chi connectivity index (χ2n) is 6.12. The lowest BCUT2D eigenvalue weighted by Gasteiger charge is -2.28. The summed E-state index contributed by atoms with van der Waals surface area (Å²) in [7, 11) is 0. The third-order valence-corrected chi connectivity index (χ3v) is 5.98. The van der Waals surface area contributed by atoms with E-state index in [2.05, 4.69) is 72.8 Å². The number of aliphatic imine (C=N–C) groups is 1. The van der Waals surface area contributed by atoms with Gasteiger partial charge in [0.2, 0.25) is 0 Å². The summed E-state index contributed by atoms with van der Waals surface area (Å²) in [6.45, 7) is 0. The van der Waals surface area contributed by atoms with Gasteiger partial charge in [-0.25, -0.2) is 0 Å². The molecule has 0 aliphatic carbocycles. The topological polar surface area (TPSA) is 12.4 Å². The lowest BCUT2D eigenvalue weighted by Crippen LogP contribution is -2.13. The molecule has 1 aliphatic rings. The Morgan fingerprint density at radius 1 is 0.760 bits per heavy atom. The van der Waals surface area contributed by atoms with E-state index in [9.17, 15) is 0 Å². The number of benzene rings is 3. The minimum absolute atomic E-state index is 0.179. The van der Waals surface area contributed by atoms with Crippen LogP contribution in [0.15, 0.2) is 89.9 Å². The molecule has 0 amide bonds. The molecule has 0 spiro atoms. The number of thioether (sulfide) groups is 1. The Bertz CT molecular complexity index is 860. The zero-order valence-electron chi connectivity index (χ0n) is 13.7. The van der Waals surface area contributed by atoms with Gasteiger partial charge in [0, 0.05) is 15.8 Å². The quantitative estimate of drug-likeness (QED) is 0.504. The van der Waals surface area contributed by atoms with Crippen molar-refractivity contribution < 1.29 is 0 Å². The fourth-order valence-corrected chi connectivity index (χ4v) is 4.53. The molecular weight excluding hydrogens is 346 g/mol. The van der Waals surface area contributed by atoms with Crippen LogP contribution in [0.2, 0.25) is 5.02 Å². The van der Waals surface area contributed by atoms with E-state index in [1.54, 1.807) is 0 Å². The van der Waals surface area contributed by atoms with E-state index in [0.29, 0.717) is 5.25 Å².